The number of rotatable bonds is 7. The van der Waals surface area contributed by atoms with Crippen molar-refractivity contribution in [1.29, 1.82) is 0 Å². The number of benzene rings is 1. The topological polar surface area (TPSA) is 59.6 Å². The highest BCUT2D eigenvalue weighted by Gasteiger charge is 2.20. The molecule has 1 amide bonds. The van der Waals surface area contributed by atoms with Crippen molar-refractivity contribution in [2.45, 2.75) is 19.8 Å². The van der Waals surface area contributed by atoms with Crippen molar-refractivity contribution < 1.29 is 14.3 Å². The first-order valence-corrected chi connectivity index (χ1v) is 7.62. The highest BCUT2D eigenvalue weighted by Crippen LogP contribution is 2.18. The van der Waals surface area contributed by atoms with Gasteiger partial charge in [-0.15, -0.1) is 0 Å². The van der Waals surface area contributed by atoms with Gasteiger partial charge in [-0.3, -0.25) is 4.79 Å². The molecule has 0 radical (unpaired) electrons. The molecular weight excluding hydrogens is 268 g/mol. The molecule has 1 atom stereocenters. The van der Waals surface area contributed by atoms with Crippen LogP contribution < -0.4 is 15.4 Å². The molecule has 21 heavy (non-hydrogen) atoms. The molecule has 0 saturated carbocycles. The second kappa shape index (κ2) is 8.64. The van der Waals surface area contributed by atoms with Gasteiger partial charge < -0.3 is 20.1 Å². The van der Waals surface area contributed by atoms with Gasteiger partial charge in [-0.05, 0) is 50.6 Å². The Morgan fingerprint density at radius 1 is 1.33 bits per heavy atom. The minimum Gasteiger partial charge on any atom is -0.491 e. The van der Waals surface area contributed by atoms with Crippen LogP contribution in [0.15, 0.2) is 24.3 Å². The van der Waals surface area contributed by atoms with Crippen molar-refractivity contribution in [1.82, 2.24) is 5.32 Å². The molecule has 1 aliphatic heterocycles. The SMILES string of the molecule is CCOCCOc1ccc(NC(=O)C2CCCNC2)cc1. The van der Waals surface area contributed by atoms with Crippen LogP contribution in [0, 0.1) is 5.92 Å². The van der Waals surface area contributed by atoms with Gasteiger partial charge in [0.15, 0.2) is 0 Å². The summed E-state index contributed by atoms with van der Waals surface area (Å²) in [5, 5.41) is 6.21. The number of carbonyl (C=O) groups excluding carboxylic acids is 1. The molecule has 1 saturated heterocycles. The van der Waals surface area contributed by atoms with E-state index < -0.39 is 0 Å². The van der Waals surface area contributed by atoms with E-state index in [2.05, 4.69) is 10.6 Å². The Morgan fingerprint density at radius 3 is 2.81 bits per heavy atom. The minimum absolute atomic E-state index is 0.0702. The van der Waals surface area contributed by atoms with E-state index in [4.69, 9.17) is 9.47 Å². The van der Waals surface area contributed by atoms with E-state index in [1.165, 1.54) is 0 Å². The lowest BCUT2D eigenvalue weighted by molar-refractivity contribution is -0.120. The Hall–Kier alpha value is -1.59. The Balaban J connectivity index is 1.77. The third-order valence-corrected chi connectivity index (χ3v) is 3.49. The first kappa shape index (κ1) is 15.8. The molecule has 0 aliphatic carbocycles. The largest absolute Gasteiger partial charge is 0.491 e. The summed E-state index contributed by atoms with van der Waals surface area (Å²) in [6, 6.07) is 7.45. The van der Waals surface area contributed by atoms with Crippen molar-refractivity contribution in [3.8, 4) is 5.75 Å². The van der Waals surface area contributed by atoms with Crippen LogP contribution in [-0.2, 0) is 9.53 Å². The molecule has 0 aromatic heterocycles. The number of amides is 1. The maximum absolute atomic E-state index is 12.1. The van der Waals surface area contributed by atoms with E-state index in [1.807, 2.05) is 31.2 Å². The van der Waals surface area contributed by atoms with Crippen LogP contribution in [0.25, 0.3) is 0 Å². The first-order chi connectivity index (χ1) is 10.3. The Kier molecular flexibility index (Phi) is 6.50. The summed E-state index contributed by atoms with van der Waals surface area (Å²) in [4.78, 5) is 12.1. The fourth-order valence-corrected chi connectivity index (χ4v) is 2.32. The molecule has 1 unspecified atom stereocenters. The second-order valence-corrected chi connectivity index (χ2v) is 5.10. The van der Waals surface area contributed by atoms with Crippen molar-refractivity contribution >= 4 is 11.6 Å². The van der Waals surface area contributed by atoms with Gasteiger partial charge in [-0.2, -0.15) is 0 Å². The van der Waals surface area contributed by atoms with Crippen molar-refractivity contribution in [2.24, 2.45) is 5.92 Å². The fourth-order valence-electron chi connectivity index (χ4n) is 2.32. The Morgan fingerprint density at radius 2 is 2.14 bits per heavy atom. The summed E-state index contributed by atoms with van der Waals surface area (Å²) in [6.45, 7) is 5.56. The molecule has 1 aromatic carbocycles. The fraction of sp³-hybridized carbons (Fsp3) is 0.562. The number of hydrogen-bond donors (Lipinski definition) is 2. The summed E-state index contributed by atoms with van der Waals surface area (Å²) >= 11 is 0. The molecule has 5 nitrogen and oxygen atoms in total. The number of carbonyl (C=O) groups is 1. The molecule has 0 bridgehead atoms. The van der Waals surface area contributed by atoms with Gasteiger partial charge in [-0.1, -0.05) is 0 Å². The first-order valence-electron chi connectivity index (χ1n) is 7.62. The van der Waals surface area contributed by atoms with Gasteiger partial charge in [0, 0.05) is 18.8 Å². The van der Waals surface area contributed by atoms with Crippen molar-refractivity contribution in [3.05, 3.63) is 24.3 Å². The van der Waals surface area contributed by atoms with Crippen LogP contribution in [0.1, 0.15) is 19.8 Å². The van der Waals surface area contributed by atoms with E-state index in [1.54, 1.807) is 0 Å². The second-order valence-electron chi connectivity index (χ2n) is 5.10. The lowest BCUT2D eigenvalue weighted by atomic mass is 9.99. The monoisotopic (exact) mass is 292 g/mol. The molecule has 1 fully saturated rings. The molecule has 2 rings (SSSR count). The number of piperidine rings is 1. The van der Waals surface area contributed by atoms with E-state index in [0.29, 0.717) is 19.8 Å². The van der Waals surface area contributed by atoms with Gasteiger partial charge in [0.25, 0.3) is 0 Å². The molecule has 1 heterocycles. The molecule has 1 aliphatic rings. The summed E-state index contributed by atoms with van der Waals surface area (Å²) < 4.78 is 10.7. The average Bonchev–Trinajstić information content (AvgIpc) is 2.54. The minimum atomic E-state index is 0.0702. The summed E-state index contributed by atoms with van der Waals surface area (Å²) in [7, 11) is 0. The van der Waals surface area contributed by atoms with Gasteiger partial charge in [0.2, 0.25) is 5.91 Å². The molecular formula is C16H24N2O3. The highest BCUT2D eigenvalue weighted by atomic mass is 16.5. The van der Waals surface area contributed by atoms with Gasteiger partial charge in [-0.25, -0.2) is 0 Å². The zero-order chi connectivity index (χ0) is 14.9. The van der Waals surface area contributed by atoms with Gasteiger partial charge in [0.1, 0.15) is 12.4 Å². The zero-order valence-corrected chi connectivity index (χ0v) is 12.6. The van der Waals surface area contributed by atoms with Gasteiger partial charge in [0.05, 0.1) is 12.5 Å². The lowest BCUT2D eigenvalue weighted by Gasteiger charge is -2.21. The van der Waals surface area contributed by atoms with E-state index in [-0.39, 0.29) is 11.8 Å². The predicted octanol–water partition coefficient (Wildman–Crippen LogP) is 2.04. The summed E-state index contributed by atoms with van der Waals surface area (Å²) in [5.74, 6) is 0.945. The number of anilines is 1. The van der Waals surface area contributed by atoms with Crippen LogP contribution in [0.4, 0.5) is 5.69 Å². The maximum Gasteiger partial charge on any atom is 0.228 e. The quantitative estimate of drug-likeness (QED) is 0.755. The van der Waals surface area contributed by atoms with Crippen molar-refractivity contribution in [2.75, 3.05) is 38.2 Å². The van der Waals surface area contributed by atoms with Crippen molar-refractivity contribution in [3.63, 3.8) is 0 Å². The lowest BCUT2D eigenvalue weighted by Crippen LogP contribution is -2.37. The highest BCUT2D eigenvalue weighted by molar-refractivity contribution is 5.92. The number of ether oxygens (including phenoxy) is 2. The van der Waals surface area contributed by atoms with Gasteiger partial charge >= 0.3 is 0 Å². The molecule has 1 aromatic rings. The van der Waals surface area contributed by atoms with Crippen LogP contribution >= 0.6 is 0 Å². The molecule has 2 N–H and O–H groups in total. The smallest absolute Gasteiger partial charge is 0.228 e. The Bertz CT molecular complexity index is 428. The normalized spacial score (nSPS) is 18.2. The van der Waals surface area contributed by atoms with E-state index in [0.717, 1.165) is 37.4 Å². The Labute approximate surface area is 126 Å². The maximum atomic E-state index is 12.1. The predicted molar refractivity (Wildman–Crippen MR) is 82.7 cm³/mol. The molecule has 116 valence electrons. The standard InChI is InChI=1S/C16H24N2O3/c1-2-20-10-11-21-15-7-5-14(6-8-15)18-16(19)13-4-3-9-17-12-13/h5-8,13,17H,2-4,9-12H2,1H3,(H,18,19). The third-order valence-electron chi connectivity index (χ3n) is 3.49. The molecule has 0 spiro atoms. The zero-order valence-electron chi connectivity index (χ0n) is 12.6. The summed E-state index contributed by atoms with van der Waals surface area (Å²) in [6.07, 6.45) is 2.02. The summed E-state index contributed by atoms with van der Waals surface area (Å²) in [5.41, 5.74) is 0.808. The van der Waals surface area contributed by atoms with E-state index in [9.17, 15) is 4.79 Å². The number of nitrogens with one attached hydrogen (secondary N) is 2. The number of hydrogen-bond acceptors (Lipinski definition) is 4. The van der Waals surface area contributed by atoms with E-state index >= 15 is 0 Å². The third kappa shape index (κ3) is 5.36. The average molecular weight is 292 g/mol. The molecule has 5 heteroatoms. The van der Waals surface area contributed by atoms with Crippen LogP contribution in [0.5, 0.6) is 5.75 Å². The van der Waals surface area contributed by atoms with Crippen LogP contribution in [0.2, 0.25) is 0 Å². The van der Waals surface area contributed by atoms with Crippen LogP contribution in [-0.4, -0.2) is 38.8 Å². The van der Waals surface area contributed by atoms with Crippen LogP contribution in [0.3, 0.4) is 0 Å².